The molecule has 0 amide bonds. The number of hydrogen-bond donors (Lipinski definition) is 1. The van der Waals surface area contributed by atoms with Crippen LogP contribution >= 0.6 is 11.6 Å². The zero-order chi connectivity index (χ0) is 9.76. The average molecular weight is 210 g/mol. The summed E-state index contributed by atoms with van der Waals surface area (Å²) in [6, 6.07) is 6.11. The second-order valence-corrected chi connectivity index (χ2v) is 4.64. The van der Waals surface area contributed by atoms with Crippen LogP contribution in [-0.4, -0.2) is 12.6 Å². The van der Waals surface area contributed by atoms with Gasteiger partial charge in [0.15, 0.2) is 0 Å². The third kappa shape index (κ3) is 1.01. The van der Waals surface area contributed by atoms with E-state index in [1.54, 1.807) is 0 Å². The van der Waals surface area contributed by atoms with Gasteiger partial charge in [-0.2, -0.15) is 0 Å². The second-order valence-electron chi connectivity index (χ2n) is 4.21. The smallest absolute Gasteiger partial charge is 0.123 e. The number of hydrogen-bond acceptors (Lipinski definition) is 2. The molecule has 74 valence electrons. The van der Waals surface area contributed by atoms with E-state index < -0.39 is 0 Å². The molecule has 2 aliphatic rings. The topological polar surface area (TPSA) is 35.2 Å². The van der Waals surface area contributed by atoms with Gasteiger partial charge in [0, 0.05) is 22.0 Å². The van der Waals surface area contributed by atoms with Crippen LogP contribution in [0.15, 0.2) is 18.2 Å². The molecule has 3 rings (SSSR count). The van der Waals surface area contributed by atoms with Gasteiger partial charge in [0.25, 0.3) is 0 Å². The summed E-state index contributed by atoms with van der Waals surface area (Å²) in [5.41, 5.74) is 7.39. The van der Waals surface area contributed by atoms with Gasteiger partial charge in [-0.05, 0) is 31.0 Å². The van der Waals surface area contributed by atoms with Gasteiger partial charge < -0.3 is 10.5 Å². The van der Waals surface area contributed by atoms with E-state index in [1.165, 1.54) is 5.56 Å². The first-order valence-corrected chi connectivity index (χ1v) is 5.29. The van der Waals surface area contributed by atoms with Crippen LogP contribution in [0.2, 0.25) is 5.02 Å². The maximum atomic E-state index is 6.00. The minimum atomic E-state index is 0.179. The van der Waals surface area contributed by atoms with E-state index in [1.807, 2.05) is 18.2 Å². The van der Waals surface area contributed by atoms with Crippen molar-refractivity contribution < 1.29 is 4.74 Å². The van der Waals surface area contributed by atoms with Crippen LogP contribution in [0.4, 0.5) is 0 Å². The first-order valence-electron chi connectivity index (χ1n) is 4.91. The van der Waals surface area contributed by atoms with Crippen molar-refractivity contribution in [3.8, 4) is 5.75 Å². The summed E-state index contributed by atoms with van der Waals surface area (Å²) in [7, 11) is 0. The molecule has 1 fully saturated rings. The summed E-state index contributed by atoms with van der Waals surface area (Å²) >= 11 is 5.98. The highest BCUT2D eigenvalue weighted by Crippen LogP contribution is 2.55. The Morgan fingerprint density at radius 3 is 3.00 bits per heavy atom. The van der Waals surface area contributed by atoms with Gasteiger partial charge >= 0.3 is 0 Å². The lowest BCUT2D eigenvalue weighted by molar-refractivity contribution is 0.258. The van der Waals surface area contributed by atoms with Crippen molar-refractivity contribution in [2.45, 2.75) is 24.3 Å². The summed E-state index contributed by atoms with van der Waals surface area (Å²) in [5.74, 6) is 0.966. The van der Waals surface area contributed by atoms with Crippen LogP contribution in [0, 0.1) is 0 Å². The summed E-state index contributed by atoms with van der Waals surface area (Å²) in [6.07, 6.45) is 2.10. The Balaban J connectivity index is 2.14. The quantitative estimate of drug-likeness (QED) is 0.710. The van der Waals surface area contributed by atoms with E-state index in [4.69, 9.17) is 22.1 Å². The van der Waals surface area contributed by atoms with Crippen LogP contribution < -0.4 is 10.5 Å². The highest BCUT2D eigenvalue weighted by atomic mass is 35.5. The Labute approximate surface area is 88.0 Å². The largest absolute Gasteiger partial charge is 0.493 e. The summed E-state index contributed by atoms with van der Waals surface area (Å²) in [5, 5.41) is 0.771. The van der Waals surface area contributed by atoms with E-state index in [-0.39, 0.29) is 5.41 Å². The monoisotopic (exact) mass is 209 g/mol. The second kappa shape index (κ2) is 2.65. The van der Waals surface area contributed by atoms with Crippen molar-refractivity contribution in [1.29, 1.82) is 0 Å². The molecule has 0 aromatic heterocycles. The predicted octanol–water partition coefficient (Wildman–Crippen LogP) is 2.09. The van der Waals surface area contributed by atoms with Crippen LogP contribution in [0.3, 0.4) is 0 Å². The number of fused-ring (bicyclic) bond motifs is 2. The minimum absolute atomic E-state index is 0.179. The Morgan fingerprint density at radius 1 is 1.50 bits per heavy atom. The lowest BCUT2D eigenvalue weighted by atomic mass is 9.89. The number of ether oxygens (including phenoxy) is 1. The van der Waals surface area contributed by atoms with Gasteiger partial charge in [0.1, 0.15) is 5.75 Å². The van der Waals surface area contributed by atoms with E-state index in [0.717, 1.165) is 30.2 Å². The van der Waals surface area contributed by atoms with Crippen molar-refractivity contribution in [2.75, 3.05) is 6.61 Å². The molecule has 1 aliphatic heterocycles. The van der Waals surface area contributed by atoms with Gasteiger partial charge in [-0.15, -0.1) is 0 Å². The zero-order valence-corrected chi connectivity index (χ0v) is 8.55. The summed E-state index contributed by atoms with van der Waals surface area (Å²) in [4.78, 5) is 0. The lowest BCUT2D eigenvalue weighted by Crippen LogP contribution is -2.26. The maximum Gasteiger partial charge on any atom is 0.123 e. The molecule has 3 heteroatoms. The fourth-order valence-corrected chi connectivity index (χ4v) is 2.60. The van der Waals surface area contributed by atoms with E-state index in [9.17, 15) is 0 Å². The Kier molecular flexibility index (Phi) is 1.62. The summed E-state index contributed by atoms with van der Waals surface area (Å²) in [6.45, 7) is 0.780. The number of halogens is 1. The Morgan fingerprint density at radius 2 is 2.29 bits per heavy atom. The standard InChI is InChI=1S/C11H12ClNO/c12-7-1-2-9-8(5-7)11(3-4-14-9)6-10(11)13/h1-2,5,10H,3-4,6,13H2/t10-,11-/m0/s1. The normalized spacial score (nSPS) is 33.7. The third-order valence-electron chi connectivity index (χ3n) is 3.42. The molecule has 1 heterocycles. The highest BCUT2D eigenvalue weighted by molar-refractivity contribution is 6.30. The van der Waals surface area contributed by atoms with E-state index in [0.29, 0.717) is 6.04 Å². The number of benzene rings is 1. The summed E-state index contributed by atoms with van der Waals surface area (Å²) < 4.78 is 5.59. The molecule has 1 saturated carbocycles. The molecule has 0 bridgehead atoms. The molecule has 1 aromatic carbocycles. The Bertz CT molecular complexity index is 393. The average Bonchev–Trinajstić information content (AvgIpc) is 2.80. The fraction of sp³-hybridized carbons (Fsp3) is 0.455. The molecule has 2 N–H and O–H groups in total. The molecule has 14 heavy (non-hydrogen) atoms. The molecular formula is C11H12ClNO. The molecular weight excluding hydrogens is 198 g/mol. The molecule has 0 unspecified atom stereocenters. The SMILES string of the molecule is N[C@H]1C[C@]12CCOc1ccc(Cl)cc12. The minimum Gasteiger partial charge on any atom is -0.493 e. The Hall–Kier alpha value is -0.730. The van der Waals surface area contributed by atoms with Crippen molar-refractivity contribution >= 4 is 11.6 Å². The van der Waals surface area contributed by atoms with Gasteiger partial charge in [0.05, 0.1) is 6.61 Å². The van der Waals surface area contributed by atoms with Gasteiger partial charge in [0.2, 0.25) is 0 Å². The van der Waals surface area contributed by atoms with Crippen LogP contribution in [0.1, 0.15) is 18.4 Å². The molecule has 2 nitrogen and oxygen atoms in total. The number of rotatable bonds is 0. The first-order chi connectivity index (χ1) is 6.72. The third-order valence-corrected chi connectivity index (χ3v) is 3.65. The van der Waals surface area contributed by atoms with Gasteiger partial charge in [-0.1, -0.05) is 11.6 Å². The molecule has 2 atom stereocenters. The highest BCUT2D eigenvalue weighted by Gasteiger charge is 2.55. The van der Waals surface area contributed by atoms with Crippen LogP contribution in [0.25, 0.3) is 0 Å². The molecule has 0 radical (unpaired) electrons. The molecule has 0 saturated heterocycles. The van der Waals surface area contributed by atoms with Gasteiger partial charge in [-0.3, -0.25) is 0 Å². The predicted molar refractivity (Wildman–Crippen MR) is 55.8 cm³/mol. The molecule has 1 aliphatic carbocycles. The molecule has 1 aromatic rings. The van der Waals surface area contributed by atoms with Crippen LogP contribution in [0.5, 0.6) is 5.75 Å². The van der Waals surface area contributed by atoms with Crippen molar-refractivity contribution in [3.63, 3.8) is 0 Å². The van der Waals surface area contributed by atoms with Crippen molar-refractivity contribution in [3.05, 3.63) is 28.8 Å². The molecule has 1 spiro atoms. The van der Waals surface area contributed by atoms with Crippen LogP contribution in [-0.2, 0) is 5.41 Å². The van der Waals surface area contributed by atoms with E-state index >= 15 is 0 Å². The fourth-order valence-electron chi connectivity index (χ4n) is 2.43. The zero-order valence-electron chi connectivity index (χ0n) is 7.79. The van der Waals surface area contributed by atoms with E-state index in [2.05, 4.69) is 0 Å². The lowest BCUT2D eigenvalue weighted by Gasteiger charge is -2.26. The van der Waals surface area contributed by atoms with Crippen molar-refractivity contribution in [1.82, 2.24) is 0 Å². The van der Waals surface area contributed by atoms with Crippen molar-refractivity contribution in [2.24, 2.45) is 5.73 Å². The number of nitrogens with two attached hydrogens (primary N) is 1. The maximum absolute atomic E-state index is 6.00. The first kappa shape index (κ1) is 8.57. The van der Waals surface area contributed by atoms with Gasteiger partial charge in [-0.25, -0.2) is 0 Å².